The standard InChI is InChI=1S/C18H32N6O.HI/c1-4-11-19-17(20-13-16-23-22-15(2)24(16)3)21-14-18(10-12-25)8-6-5-7-9-18;/h4,25H,1,5-14H2,2-3H3,(H2,19,20,21);1H. The number of hydrogen-bond donors (Lipinski definition) is 3. The van der Waals surface area contributed by atoms with Gasteiger partial charge in [0.05, 0.1) is 0 Å². The molecule has 1 aromatic rings. The van der Waals surface area contributed by atoms with Crippen molar-refractivity contribution in [3.05, 3.63) is 24.3 Å². The molecule has 1 heterocycles. The quantitative estimate of drug-likeness (QED) is 0.232. The summed E-state index contributed by atoms with van der Waals surface area (Å²) in [6.07, 6.45) is 8.77. The molecule has 0 aliphatic heterocycles. The summed E-state index contributed by atoms with van der Waals surface area (Å²) in [7, 11) is 1.95. The molecule has 1 aliphatic rings. The number of rotatable bonds is 8. The van der Waals surface area contributed by atoms with Crippen LogP contribution in [0.4, 0.5) is 0 Å². The van der Waals surface area contributed by atoms with Crippen molar-refractivity contribution in [1.82, 2.24) is 25.4 Å². The normalized spacial score (nSPS) is 16.7. The number of aliphatic imine (C=N–C) groups is 1. The van der Waals surface area contributed by atoms with Gasteiger partial charge in [-0.25, -0.2) is 4.99 Å². The molecule has 3 N–H and O–H groups in total. The minimum Gasteiger partial charge on any atom is -0.396 e. The molecule has 2 rings (SSSR count). The van der Waals surface area contributed by atoms with E-state index >= 15 is 0 Å². The summed E-state index contributed by atoms with van der Waals surface area (Å²) in [4.78, 5) is 4.64. The number of aliphatic hydroxyl groups is 1. The molecule has 1 aliphatic carbocycles. The first-order valence-corrected chi connectivity index (χ1v) is 9.19. The van der Waals surface area contributed by atoms with Crippen molar-refractivity contribution in [1.29, 1.82) is 0 Å². The molecule has 0 aromatic carbocycles. The summed E-state index contributed by atoms with van der Waals surface area (Å²) < 4.78 is 1.95. The molecule has 1 saturated carbocycles. The first kappa shape index (κ1) is 22.9. The highest BCUT2D eigenvalue weighted by atomic mass is 127. The Hall–Kier alpha value is -1.16. The molecule has 1 fully saturated rings. The summed E-state index contributed by atoms with van der Waals surface area (Å²) in [5.41, 5.74) is 0.172. The zero-order valence-electron chi connectivity index (χ0n) is 16.0. The Bertz CT molecular complexity index is 575. The fourth-order valence-electron chi connectivity index (χ4n) is 3.41. The maximum Gasteiger partial charge on any atom is 0.191 e. The smallest absolute Gasteiger partial charge is 0.191 e. The van der Waals surface area contributed by atoms with Crippen molar-refractivity contribution in [2.24, 2.45) is 17.5 Å². The second-order valence-electron chi connectivity index (χ2n) is 6.94. The van der Waals surface area contributed by atoms with Gasteiger partial charge in [-0.2, -0.15) is 0 Å². The summed E-state index contributed by atoms with van der Waals surface area (Å²) in [6, 6.07) is 0. The third-order valence-electron chi connectivity index (χ3n) is 5.16. The van der Waals surface area contributed by atoms with Crippen LogP contribution in [-0.2, 0) is 13.6 Å². The van der Waals surface area contributed by atoms with Crippen LogP contribution >= 0.6 is 24.0 Å². The highest BCUT2D eigenvalue weighted by Crippen LogP contribution is 2.38. The molecule has 7 nitrogen and oxygen atoms in total. The molecule has 0 radical (unpaired) electrons. The van der Waals surface area contributed by atoms with E-state index in [-0.39, 0.29) is 36.0 Å². The van der Waals surface area contributed by atoms with E-state index in [2.05, 4.69) is 32.4 Å². The second-order valence-corrected chi connectivity index (χ2v) is 6.94. The molecule has 26 heavy (non-hydrogen) atoms. The Morgan fingerprint density at radius 1 is 1.31 bits per heavy atom. The lowest BCUT2D eigenvalue weighted by molar-refractivity contribution is 0.131. The zero-order chi connectivity index (χ0) is 18.1. The van der Waals surface area contributed by atoms with Crippen LogP contribution in [0.5, 0.6) is 0 Å². The molecule has 0 saturated heterocycles. The highest BCUT2D eigenvalue weighted by Gasteiger charge is 2.31. The van der Waals surface area contributed by atoms with Gasteiger partial charge in [-0.15, -0.1) is 40.8 Å². The van der Waals surface area contributed by atoms with E-state index in [9.17, 15) is 5.11 Å². The van der Waals surface area contributed by atoms with Crippen LogP contribution in [0.15, 0.2) is 17.6 Å². The van der Waals surface area contributed by atoms with Crippen molar-refractivity contribution in [3.63, 3.8) is 0 Å². The van der Waals surface area contributed by atoms with Gasteiger partial charge in [0, 0.05) is 26.7 Å². The predicted molar refractivity (Wildman–Crippen MR) is 116 cm³/mol. The van der Waals surface area contributed by atoms with Crippen molar-refractivity contribution in [2.45, 2.75) is 52.0 Å². The maximum atomic E-state index is 9.47. The summed E-state index contributed by atoms with van der Waals surface area (Å²) in [6.45, 7) is 7.87. The van der Waals surface area contributed by atoms with Crippen molar-refractivity contribution in [2.75, 3.05) is 19.7 Å². The Morgan fingerprint density at radius 3 is 2.62 bits per heavy atom. The minimum absolute atomic E-state index is 0. The fraction of sp³-hybridized carbons (Fsp3) is 0.722. The molecule has 1 aromatic heterocycles. The molecule has 0 spiro atoms. The van der Waals surface area contributed by atoms with E-state index in [0.717, 1.165) is 43.4 Å². The van der Waals surface area contributed by atoms with E-state index < -0.39 is 0 Å². The van der Waals surface area contributed by atoms with Gasteiger partial charge < -0.3 is 20.3 Å². The Morgan fingerprint density at radius 2 is 2.04 bits per heavy atom. The van der Waals surface area contributed by atoms with E-state index in [4.69, 9.17) is 0 Å². The fourth-order valence-corrected chi connectivity index (χ4v) is 3.41. The minimum atomic E-state index is 0. The number of aryl methyl sites for hydroxylation is 1. The van der Waals surface area contributed by atoms with Gasteiger partial charge in [0.15, 0.2) is 11.8 Å². The molecular weight excluding hydrogens is 443 g/mol. The van der Waals surface area contributed by atoms with E-state index in [0.29, 0.717) is 13.1 Å². The zero-order valence-corrected chi connectivity index (χ0v) is 18.3. The topological polar surface area (TPSA) is 87.4 Å². The van der Waals surface area contributed by atoms with Crippen molar-refractivity contribution >= 4 is 29.9 Å². The average molecular weight is 476 g/mol. The summed E-state index contributed by atoms with van der Waals surface area (Å²) >= 11 is 0. The summed E-state index contributed by atoms with van der Waals surface area (Å²) in [5.74, 6) is 2.46. The third-order valence-corrected chi connectivity index (χ3v) is 5.16. The van der Waals surface area contributed by atoms with E-state index in [1.165, 1.54) is 19.3 Å². The first-order valence-electron chi connectivity index (χ1n) is 9.19. The number of hydrogen-bond acceptors (Lipinski definition) is 4. The number of aromatic nitrogens is 3. The molecule has 0 unspecified atom stereocenters. The van der Waals surface area contributed by atoms with E-state index in [1.807, 2.05) is 24.6 Å². The largest absolute Gasteiger partial charge is 0.396 e. The summed E-state index contributed by atoms with van der Waals surface area (Å²) in [5, 5.41) is 24.4. The van der Waals surface area contributed by atoms with Crippen LogP contribution in [0, 0.1) is 12.3 Å². The van der Waals surface area contributed by atoms with E-state index in [1.54, 1.807) is 0 Å². The molecular formula is C18H33IN6O. The van der Waals surface area contributed by atoms with Gasteiger partial charge in [-0.3, -0.25) is 0 Å². The number of halogens is 1. The molecule has 148 valence electrons. The SMILES string of the molecule is C=CCNC(=NCc1nnc(C)n1C)NCC1(CCO)CCCCC1.I. The van der Waals surface area contributed by atoms with Crippen molar-refractivity contribution < 1.29 is 5.11 Å². The third kappa shape index (κ3) is 6.53. The maximum absolute atomic E-state index is 9.47. The lowest BCUT2D eigenvalue weighted by Crippen LogP contribution is -2.45. The number of nitrogens with zero attached hydrogens (tertiary/aromatic N) is 4. The van der Waals surface area contributed by atoms with Gasteiger partial charge in [-0.05, 0) is 31.6 Å². The van der Waals surface area contributed by atoms with Crippen LogP contribution in [0.1, 0.15) is 50.2 Å². The van der Waals surface area contributed by atoms with Crippen LogP contribution in [0.2, 0.25) is 0 Å². The Labute approximate surface area is 173 Å². The van der Waals surface area contributed by atoms with Crippen molar-refractivity contribution in [3.8, 4) is 0 Å². The van der Waals surface area contributed by atoms with Gasteiger partial charge in [0.1, 0.15) is 12.4 Å². The molecule has 8 heteroatoms. The molecule has 0 bridgehead atoms. The second kappa shape index (κ2) is 11.5. The average Bonchev–Trinajstić information content (AvgIpc) is 2.94. The monoisotopic (exact) mass is 476 g/mol. The van der Waals surface area contributed by atoms with Crippen LogP contribution in [-0.4, -0.2) is 45.5 Å². The molecule has 0 amide bonds. The van der Waals surface area contributed by atoms with Gasteiger partial charge >= 0.3 is 0 Å². The number of nitrogens with one attached hydrogen (secondary N) is 2. The van der Waals surface area contributed by atoms with Gasteiger partial charge in [0.2, 0.25) is 0 Å². The highest BCUT2D eigenvalue weighted by molar-refractivity contribution is 14.0. The predicted octanol–water partition coefficient (Wildman–Crippen LogP) is 2.30. The Kier molecular flexibility index (Phi) is 10.1. The van der Waals surface area contributed by atoms with Gasteiger partial charge in [0.25, 0.3) is 0 Å². The number of guanidine groups is 1. The first-order chi connectivity index (χ1) is 12.1. The molecule has 0 atom stereocenters. The number of aliphatic hydroxyl groups excluding tert-OH is 1. The lowest BCUT2D eigenvalue weighted by atomic mass is 9.72. The van der Waals surface area contributed by atoms with Crippen LogP contribution in [0.25, 0.3) is 0 Å². The van der Waals surface area contributed by atoms with Crippen LogP contribution < -0.4 is 10.6 Å². The van der Waals surface area contributed by atoms with Crippen LogP contribution in [0.3, 0.4) is 0 Å². The lowest BCUT2D eigenvalue weighted by Gasteiger charge is -2.37. The van der Waals surface area contributed by atoms with Gasteiger partial charge in [-0.1, -0.05) is 25.3 Å². The Balaban J connectivity index is 0.00000338.